The number of nitrogens with two attached hydrogens (primary N) is 1. The molecule has 1 aliphatic rings. The normalized spacial score (nSPS) is 17.0. The lowest BCUT2D eigenvalue weighted by Crippen LogP contribution is -2.03. The molecule has 0 aliphatic heterocycles. The number of fused-ring (bicyclic) bond motifs is 1. The van der Waals surface area contributed by atoms with Gasteiger partial charge in [-0.05, 0) is 25.3 Å². The first kappa shape index (κ1) is 11.0. The van der Waals surface area contributed by atoms with Gasteiger partial charge in [0, 0.05) is 10.8 Å². The van der Waals surface area contributed by atoms with Crippen LogP contribution in [0.2, 0.25) is 0 Å². The van der Waals surface area contributed by atoms with Gasteiger partial charge in [0.1, 0.15) is 16.5 Å². The van der Waals surface area contributed by atoms with Crippen LogP contribution in [0.1, 0.15) is 49.2 Å². The monoisotopic (exact) mass is 247 g/mol. The number of nitrogen functional groups attached to an aromatic ring is 1. The van der Waals surface area contributed by atoms with Crippen LogP contribution in [0.3, 0.4) is 0 Å². The third-order valence-electron chi connectivity index (χ3n) is 3.56. The Morgan fingerprint density at radius 3 is 2.82 bits per heavy atom. The fourth-order valence-corrected chi connectivity index (χ4v) is 3.53. The van der Waals surface area contributed by atoms with Crippen molar-refractivity contribution in [2.45, 2.75) is 44.9 Å². The summed E-state index contributed by atoms with van der Waals surface area (Å²) in [6.45, 7) is 2.16. The Morgan fingerprint density at radius 2 is 2.12 bits per heavy atom. The maximum absolute atomic E-state index is 6.05. The first-order chi connectivity index (χ1) is 8.28. The van der Waals surface area contributed by atoms with Crippen molar-refractivity contribution in [2.75, 3.05) is 5.73 Å². The van der Waals surface area contributed by atoms with E-state index in [0.29, 0.717) is 11.7 Å². The number of thiophene rings is 1. The molecule has 2 aromatic rings. The Kier molecular flexibility index (Phi) is 2.74. The second kappa shape index (κ2) is 4.26. The summed E-state index contributed by atoms with van der Waals surface area (Å²) >= 11 is 1.75. The molecule has 90 valence electrons. The van der Waals surface area contributed by atoms with E-state index in [1.165, 1.54) is 30.6 Å². The second-order valence-electron chi connectivity index (χ2n) is 4.73. The number of aromatic nitrogens is 2. The van der Waals surface area contributed by atoms with Gasteiger partial charge >= 0.3 is 0 Å². The number of hydrogen-bond donors (Lipinski definition) is 1. The standard InChI is InChI=1S/C13H17N3S/c1-2-9-7-10-11(14)15-12(16-13(10)17-9)8-5-3-4-6-8/h7-8H,2-6H2,1H3,(H2,14,15,16). The maximum Gasteiger partial charge on any atom is 0.135 e. The first-order valence-corrected chi connectivity index (χ1v) is 7.15. The van der Waals surface area contributed by atoms with E-state index in [-0.39, 0.29) is 0 Å². The molecular formula is C13H17N3S. The molecule has 0 atom stereocenters. The van der Waals surface area contributed by atoms with Crippen molar-refractivity contribution in [1.82, 2.24) is 9.97 Å². The topological polar surface area (TPSA) is 51.8 Å². The van der Waals surface area contributed by atoms with Crippen LogP contribution in [0.15, 0.2) is 6.07 Å². The van der Waals surface area contributed by atoms with Crippen molar-refractivity contribution in [3.05, 3.63) is 16.8 Å². The third-order valence-corrected chi connectivity index (χ3v) is 4.73. The zero-order chi connectivity index (χ0) is 11.8. The molecule has 0 unspecified atom stereocenters. The number of anilines is 1. The molecule has 17 heavy (non-hydrogen) atoms. The summed E-state index contributed by atoms with van der Waals surface area (Å²) in [5, 5.41) is 1.04. The Morgan fingerprint density at radius 1 is 1.35 bits per heavy atom. The van der Waals surface area contributed by atoms with Crippen molar-refractivity contribution in [1.29, 1.82) is 0 Å². The van der Waals surface area contributed by atoms with E-state index in [1.54, 1.807) is 11.3 Å². The third kappa shape index (κ3) is 1.90. The van der Waals surface area contributed by atoms with Gasteiger partial charge < -0.3 is 5.73 Å². The Labute approximate surface area is 105 Å². The predicted molar refractivity (Wildman–Crippen MR) is 72.4 cm³/mol. The molecule has 0 amide bonds. The van der Waals surface area contributed by atoms with Gasteiger partial charge in [-0.1, -0.05) is 19.8 Å². The van der Waals surface area contributed by atoms with E-state index < -0.39 is 0 Å². The number of rotatable bonds is 2. The molecule has 0 radical (unpaired) electrons. The largest absolute Gasteiger partial charge is 0.383 e. The average Bonchev–Trinajstić information content (AvgIpc) is 2.97. The minimum Gasteiger partial charge on any atom is -0.383 e. The Hall–Kier alpha value is -1.16. The van der Waals surface area contributed by atoms with Gasteiger partial charge in [0.05, 0.1) is 5.39 Å². The summed E-state index contributed by atoms with van der Waals surface area (Å²) in [6.07, 6.45) is 6.08. The van der Waals surface area contributed by atoms with E-state index in [1.807, 2.05) is 0 Å². The molecule has 2 heterocycles. The van der Waals surface area contributed by atoms with Crippen molar-refractivity contribution >= 4 is 27.4 Å². The van der Waals surface area contributed by atoms with Crippen LogP contribution in [0, 0.1) is 0 Å². The quantitative estimate of drug-likeness (QED) is 0.883. The molecule has 1 fully saturated rings. The minimum atomic E-state index is 0.536. The average molecular weight is 247 g/mol. The van der Waals surface area contributed by atoms with E-state index in [4.69, 9.17) is 10.7 Å². The highest BCUT2D eigenvalue weighted by molar-refractivity contribution is 7.18. The first-order valence-electron chi connectivity index (χ1n) is 6.33. The molecule has 1 aliphatic carbocycles. The maximum atomic E-state index is 6.05. The summed E-state index contributed by atoms with van der Waals surface area (Å²) in [5.74, 6) is 2.17. The van der Waals surface area contributed by atoms with Gasteiger partial charge in [0.2, 0.25) is 0 Å². The highest BCUT2D eigenvalue weighted by Gasteiger charge is 2.21. The van der Waals surface area contributed by atoms with Crippen LogP contribution >= 0.6 is 11.3 Å². The van der Waals surface area contributed by atoms with Gasteiger partial charge in [-0.25, -0.2) is 9.97 Å². The fraction of sp³-hybridized carbons (Fsp3) is 0.538. The molecule has 3 rings (SSSR count). The molecule has 0 bridgehead atoms. The van der Waals surface area contributed by atoms with E-state index in [2.05, 4.69) is 18.0 Å². The lowest BCUT2D eigenvalue weighted by Gasteiger charge is -2.07. The molecule has 4 heteroatoms. The Balaban J connectivity index is 2.09. The van der Waals surface area contributed by atoms with Gasteiger partial charge in [0.15, 0.2) is 0 Å². The lowest BCUT2D eigenvalue weighted by molar-refractivity contribution is 0.674. The van der Waals surface area contributed by atoms with Crippen molar-refractivity contribution in [3.63, 3.8) is 0 Å². The lowest BCUT2D eigenvalue weighted by atomic mass is 10.1. The number of nitrogens with zero attached hydrogens (tertiary/aromatic N) is 2. The van der Waals surface area contributed by atoms with E-state index in [0.717, 1.165) is 22.5 Å². The van der Waals surface area contributed by atoms with Gasteiger partial charge in [-0.2, -0.15) is 0 Å². The second-order valence-corrected chi connectivity index (χ2v) is 5.85. The summed E-state index contributed by atoms with van der Waals surface area (Å²) < 4.78 is 0. The molecule has 0 saturated heterocycles. The zero-order valence-corrected chi connectivity index (χ0v) is 10.9. The molecule has 0 spiro atoms. The summed E-state index contributed by atoms with van der Waals surface area (Å²) in [4.78, 5) is 11.6. The summed E-state index contributed by atoms with van der Waals surface area (Å²) in [5.41, 5.74) is 6.05. The molecule has 2 N–H and O–H groups in total. The van der Waals surface area contributed by atoms with Crippen LogP contribution in [0.25, 0.3) is 10.2 Å². The minimum absolute atomic E-state index is 0.536. The molecule has 2 aromatic heterocycles. The summed E-state index contributed by atoms with van der Waals surface area (Å²) in [6, 6.07) is 2.13. The van der Waals surface area contributed by atoms with Crippen LogP contribution in [-0.4, -0.2) is 9.97 Å². The fourth-order valence-electron chi connectivity index (χ4n) is 2.55. The van der Waals surface area contributed by atoms with Crippen molar-refractivity contribution in [2.24, 2.45) is 0 Å². The van der Waals surface area contributed by atoms with E-state index in [9.17, 15) is 0 Å². The van der Waals surface area contributed by atoms with Crippen molar-refractivity contribution in [3.8, 4) is 0 Å². The zero-order valence-electron chi connectivity index (χ0n) is 10.1. The van der Waals surface area contributed by atoms with Gasteiger partial charge in [-0.3, -0.25) is 0 Å². The SMILES string of the molecule is CCc1cc2c(N)nc(C3CCCC3)nc2s1. The van der Waals surface area contributed by atoms with Crippen LogP contribution < -0.4 is 5.73 Å². The van der Waals surface area contributed by atoms with E-state index >= 15 is 0 Å². The van der Waals surface area contributed by atoms with Gasteiger partial charge in [-0.15, -0.1) is 11.3 Å². The number of hydrogen-bond acceptors (Lipinski definition) is 4. The van der Waals surface area contributed by atoms with Crippen LogP contribution in [0.5, 0.6) is 0 Å². The van der Waals surface area contributed by atoms with Gasteiger partial charge in [0.25, 0.3) is 0 Å². The van der Waals surface area contributed by atoms with Crippen molar-refractivity contribution < 1.29 is 0 Å². The van der Waals surface area contributed by atoms with Crippen LogP contribution in [-0.2, 0) is 6.42 Å². The Bertz CT molecular complexity index is 541. The molecule has 1 saturated carbocycles. The molecular weight excluding hydrogens is 230 g/mol. The highest BCUT2D eigenvalue weighted by atomic mass is 32.1. The smallest absolute Gasteiger partial charge is 0.135 e. The number of aryl methyl sites for hydroxylation is 1. The predicted octanol–water partition coefficient (Wildman–Crippen LogP) is 3.49. The molecule has 0 aromatic carbocycles. The van der Waals surface area contributed by atoms with Crippen LogP contribution in [0.4, 0.5) is 5.82 Å². The highest BCUT2D eigenvalue weighted by Crippen LogP contribution is 2.35. The molecule has 3 nitrogen and oxygen atoms in total. The summed E-state index contributed by atoms with van der Waals surface area (Å²) in [7, 11) is 0.